The third kappa shape index (κ3) is 6.08. The molecule has 6 heteroatoms. The lowest BCUT2D eigenvalue weighted by molar-refractivity contribution is -0.107. The van der Waals surface area contributed by atoms with Gasteiger partial charge in [0.1, 0.15) is 5.94 Å². The fourth-order valence-electron chi connectivity index (χ4n) is 0.246. The molecular formula is C5H8O4S2. The Bertz CT molecular complexity index is 223. The van der Waals surface area contributed by atoms with E-state index in [1.807, 2.05) is 0 Å². The van der Waals surface area contributed by atoms with E-state index in [2.05, 4.69) is 10.8 Å². The molecule has 0 heterocycles. The van der Waals surface area contributed by atoms with Gasteiger partial charge in [0, 0.05) is 0 Å². The predicted molar refractivity (Wildman–Crippen MR) is 43.7 cm³/mol. The number of hydrogen-bond donors (Lipinski definition) is 1. The van der Waals surface area contributed by atoms with Gasteiger partial charge in [-0.1, -0.05) is 18.3 Å². The van der Waals surface area contributed by atoms with Gasteiger partial charge >= 0.3 is 0 Å². The molecule has 0 bridgehead atoms. The summed E-state index contributed by atoms with van der Waals surface area (Å²) in [5, 5.41) is -0.262. The highest BCUT2D eigenvalue weighted by Crippen LogP contribution is 2.07. The average molecular weight is 196 g/mol. The van der Waals surface area contributed by atoms with Crippen LogP contribution in [0.3, 0.4) is 0 Å². The largest absolute Gasteiger partial charge is 0.282 e. The van der Waals surface area contributed by atoms with Crippen molar-refractivity contribution >= 4 is 27.9 Å². The minimum absolute atomic E-state index is 0.176. The van der Waals surface area contributed by atoms with Crippen molar-refractivity contribution in [1.82, 2.24) is 0 Å². The Hall–Kier alpha value is -0.330. The van der Waals surface area contributed by atoms with E-state index in [1.165, 1.54) is 0 Å². The van der Waals surface area contributed by atoms with Crippen LogP contribution in [0.2, 0.25) is 0 Å². The van der Waals surface area contributed by atoms with Crippen molar-refractivity contribution in [3.05, 3.63) is 12.2 Å². The number of carbonyl (C=O) groups is 1. The first kappa shape index (κ1) is 10.7. The normalized spacial score (nSPS) is 10.0. The van der Waals surface area contributed by atoms with Crippen molar-refractivity contribution < 1.29 is 17.4 Å². The number of thiol groups is 1. The molecule has 0 aliphatic heterocycles. The van der Waals surface area contributed by atoms with Crippen LogP contribution < -0.4 is 0 Å². The summed E-state index contributed by atoms with van der Waals surface area (Å²) >= 11 is 0.768. The number of thioether (sulfide) groups is 1. The minimum Gasteiger partial charge on any atom is -0.282 e. The molecule has 0 saturated carbocycles. The van der Waals surface area contributed by atoms with Crippen LogP contribution in [-0.4, -0.2) is 19.5 Å². The van der Waals surface area contributed by atoms with Crippen LogP contribution in [0.4, 0.5) is 0 Å². The molecule has 0 spiro atoms. The highest BCUT2D eigenvalue weighted by atomic mass is 32.2. The molecule has 0 aromatic rings. The van der Waals surface area contributed by atoms with Gasteiger partial charge in [-0.2, -0.15) is 0 Å². The van der Waals surface area contributed by atoms with Crippen LogP contribution in [0.5, 0.6) is 0 Å². The number of rotatable bonds is 4. The Morgan fingerprint density at radius 3 is 2.55 bits per heavy atom. The topological polar surface area (TPSA) is 60.4 Å². The Morgan fingerprint density at radius 1 is 1.64 bits per heavy atom. The van der Waals surface area contributed by atoms with Crippen LogP contribution in [0.1, 0.15) is 6.92 Å². The SMILES string of the molecule is C=C(C)C(=O)SCO[SH](=O)=O. The van der Waals surface area contributed by atoms with Gasteiger partial charge in [0.05, 0.1) is 0 Å². The van der Waals surface area contributed by atoms with E-state index < -0.39 is 11.0 Å². The molecule has 0 radical (unpaired) electrons. The highest BCUT2D eigenvalue weighted by molar-refractivity contribution is 8.14. The summed E-state index contributed by atoms with van der Waals surface area (Å²) in [6.45, 7) is 4.92. The molecule has 11 heavy (non-hydrogen) atoms. The standard InChI is InChI=1S/C5H8O4S2/c1-4(2)5(6)10-3-9-11(7)8/h11H,1,3H2,2H3. The third-order valence-electron chi connectivity index (χ3n) is 0.697. The van der Waals surface area contributed by atoms with Crippen LogP contribution in [0, 0.1) is 0 Å². The Balaban J connectivity index is 3.55. The van der Waals surface area contributed by atoms with Gasteiger partial charge in [0.2, 0.25) is 5.12 Å². The van der Waals surface area contributed by atoms with Gasteiger partial charge in [-0.05, 0) is 12.5 Å². The lowest BCUT2D eigenvalue weighted by Gasteiger charge is -1.94. The molecule has 0 aromatic carbocycles. The summed E-state index contributed by atoms with van der Waals surface area (Å²) < 4.78 is 23.8. The lowest BCUT2D eigenvalue weighted by Crippen LogP contribution is -1.95. The Morgan fingerprint density at radius 2 is 2.18 bits per heavy atom. The van der Waals surface area contributed by atoms with Crippen molar-refractivity contribution in [2.24, 2.45) is 0 Å². The summed E-state index contributed by atoms with van der Waals surface area (Å²) in [5.41, 5.74) is 0.375. The van der Waals surface area contributed by atoms with E-state index in [0.29, 0.717) is 5.57 Å². The third-order valence-corrected chi connectivity index (χ3v) is 2.06. The van der Waals surface area contributed by atoms with Crippen molar-refractivity contribution in [2.45, 2.75) is 6.92 Å². The van der Waals surface area contributed by atoms with E-state index in [-0.39, 0.29) is 11.1 Å². The maximum Gasteiger partial charge on any atom is 0.257 e. The zero-order valence-corrected chi connectivity index (χ0v) is 7.61. The molecule has 64 valence electrons. The van der Waals surface area contributed by atoms with Gasteiger partial charge in [-0.15, -0.1) is 0 Å². The molecule has 0 N–H and O–H groups in total. The first-order valence-electron chi connectivity index (χ1n) is 2.64. The summed E-state index contributed by atoms with van der Waals surface area (Å²) in [7, 11) is -2.85. The Kier molecular flexibility index (Phi) is 5.18. The van der Waals surface area contributed by atoms with Crippen molar-refractivity contribution in [3.8, 4) is 0 Å². The van der Waals surface area contributed by atoms with E-state index in [1.54, 1.807) is 6.92 Å². The summed E-state index contributed by atoms with van der Waals surface area (Å²) in [5.74, 6) is -0.176. The second-order valence-electron chi connectivity index (χ2n) is 1.68. The van der Waals surface area contributed by atoms with Gasteiger partial charge in [0.15, 0.2) is 0 Å². The van der Waals surface area contributed by atoms with Gasteiger partial charge in [0.25, 0.3) is 11.0 Å². The molecule has 0 atom stereocenters. The molecule has 0 fully saturated rings. The molecule has 0 saturated heterocycles. The van der Waals surface area contributed by atoms with Gasteiger partial charge in [-0.25, -0.2) is 8.42 Å². The molecule has 0 aromatic heterocycles. The number of hydrogen-bond acceptors (Lipinski definition) is 5. The minimum atomic E-state index is -2.85. The smallest absolute Gasteiger partial charge is 0.257 e. The molecule has 0 rings (SSSR count). The molecule has 0 unspecified atom stereocenters. The lowest BCUT2D eigenvalue weighted by atomic mass is 10.4. The van der Waals surface area contributed by atoms with Crippen LogP contribution in [-0.2, 0) is 20.0 Å². The van der Waals surface area contributed by atoms with Gasteiger partial charge < -0.3 is 0 Å². The zero-order chi connectivity index (χ0) is 8.85. The summed E-state index contributed by atoms with van der Waals surface area (Å²) in [6, 6.07) is 0. The van der Waals surface area contributed by atoms with Gasteiger partial charge in [-0.3, -0.25) is 8.98 Å². The van der Waals surface area contributed by atoms with E-state index in [9.17, 15) is 13.2 Å². The fourth-order valence-corrected chi connectivity index (χ4v) is 1.15. The van der Waals surface area contributed by atoms with Crippen molar-refractivity contribution in [1.29, 1.82) is 0 Å². The maximum absolute atomic E-state index is 10.7. The van der Waals surface area contributed by atoms with E-state index in [0.717, 1.165) is 11.8 Å². The highest BCUT2D eigenvalue weighted by Gasteiger charge is 2.02. The quantitative estimate of drug-likeness (QED) is 0.398. The summed E-state index contributed by atoms with van der Waals surface area (Å²) in [4.78, 5) is 10.7. The first-order valence-corrected chi connectivity index (χ1v) is 4.72. The molecule has 0 aliphatic carbocycles. The van der Waals surface area contributed by atoms with Crippen molar-refractivity contribution in [3.63, 3.8) is 0 Å². The summed E-state index contributed by atoms with van der Waals surface area (Å²) in [6.07, 6.45) is 0. The predicted octanol–water partition coefficient (Wildman–Crippen LogP) is 0.323. The number of carbonyl (C=O) groups excluding carboxylic acids is 1. The fraction of sp³-hybridized carbons (Fsp3) is 0.400. The molecule has 4 nitrogen and oxygen atoms in total. The molecule has 0 amide bonds. The second-order valence-corrected chi connectivity index (χ2v) is 3.28. The van der Waals surface area contributed by atoms with Crippen molar-refractivity contribution in [2.75, 3.05) is 5.94 Å². The molecule has 0 aliphatic rings. The van der Waals surface area contributed by atoms with E-state index >= 15 is 0 Å². The molecular weight excluding hydrogens is 188 g/mol. The zero-order valence-electron chi connectivity index (χ0n) is 5.90. The monoisotopic (exact) mass is 196 g/mol. The first-order chi connectivity index (χ1) is 5.04. The second kappa shape index (κ2) is 5.34. The van der Waals surface area contributed by atoms with Crippen LogP contribution in [0.25, 0.3) is 0 Å². The van der Waals surface area contributed by atoms with Crippen LogP contribution >= 0.6 is 11.8 Å². The maximum atomic E-state index is 10.7. The average Bonchev–Trinajstić information content (AvgIpc) is 1.86. The Labute approximate surface area is 70.8 Å². The van der Waals surface area contributed by atoms with E-state index in [4.69, 9.17) is 0 Å². The van der Waals surface area contributed by atoms with Crippen LogP contribution in [0.15, 0.2) is 12.2 Å².